The predicted molar refractivity (Wildman–Crippen MR) is 78.9 cm³/mol. The Morgan fingerprint density at radius 2 is 1.78 bits per heavy atom. The molecule has 0 bridgehead atoms. The van der Waals surface area contributed by atoms with Crippen molar-refractivity contribution < 1.29 is 0 Å². The van der Waals surface area contributed by atoms with E-state index in [1.54, 1.807) is 0 Å². The van der Waals surface area contributed by atoms with E-state index >= 15 is 0 Å². The molecule has 106 valence electrons. The Bertz CT molecular complexity index is 250. The Morgan fingerprint density at radius 1 is 1.17 bits per heavy atom. The van der Waals surface area contributed by atoms with Gasteiger partial charge in [0.1, 0.15) is 0 Å². The quantitative estimate of drug-likeness (QED) is 0.780. The van der Waals surface area contributed by atoms with Gasteiger partial charge in [0.15, 0.2) is 0 Å². The van der Waals surface area contributed by atoms with Gasteiger partial charge in [0, 0.05) is 11.6 Å². The molecule has 0 amide bonds. The van der Waals surface area contributed by atoms with E-state index in [0.717, 1.165) is 18.4 Å². The monoisotopic (exact) mass is 252 g/mol. The molecule has 0 heterocycles. The molecule has 0 aromatic heterocycles. The largest absolute Gasteiger partial charge is 0.312 e. The SMILES string of the molecule is CCNC(CC1CC1)C1(N(C)C)CCC(C)CC1. The highest BCUT2D eigenvalue weighted by molar-refractivity contribution is 5.03. The summed E-state index contributed by atoms with van der Waals surface area (Å²) in [6.07, 6.45) is 9.93. The fraction of sp³-hybridized carbons (Fsp3) is 1.00. The molecule has 1 atom stereocenters. The highest BCUT2D eigenvalue weighted by Crippen LogP contribution is 2.43. The molecule has 2 aliphatic rings. The Kier molecular flexibility index (Phi) is 4.71. The Labute approximate surface area is 114 Å². The van der Waals surface area contributed by atoms with Crippen molar-refractivity contribution in [1.82, 2.24) is 10.2 Å². The fourth-order valence-corrected chi connectivity index (χ4v) is 3.80. The van der Waals surface area contributed by atoms with Crippen LogP contribution in [0.15, 0.2) is 0 Å². The van der Waals surface area contributed by atoms with Crippen LogP contribution < -0.4 is 5.32 Å². The van der Waals surface area contributed by atoms with Crippen molar-refractivity contribution in [3.8, 4) is 0 Å². The molecule has 0 saturated heterocycles. The number of hydrogen-bond donors (Lipinski definition) is 1. The molecular formula is C16H32N2. The molecular weight excluding hydrogens is 220 g/mol. The second-order valence-corrected chi connectivity index (χ2v) is 6.97. The first kappa shape index (κ1) is 14.3. The van der Waals surface area contributed by atoms with Crippen LogP contribution in [-0.4, -0.2) is 37.1 Å². The van der Waals surface area contributed by atoms with Crippen LogP contribution in [-0.2, 0) is 0 Å². The molecule has 18 heavy (non-hydrogen) atoms. The topological polar surface area (TPSA) is 15.3 Å². The van der Waals surface area contributed by atoms with E-state index in [4.69, 9.17) is 0 Å². The van der Waals surface area contributed by atoms with Crippen molar-refractivity contribution in [3.05, 3.63) is 0 Å². The minimum Gasteiger partial charge on any atom is -0.312 e. The van der Waals surface area contributed by atoms with Crippen LogP contribution in [0.2, 0.25) is 0 Å². The number of nitrogens with zero attached hydrogens (tertiary/aromatic N) is 1. The maximum Gasteiger partial charge on any atom is 0.0356 e. The smallest absolute Gasteiger partial charge is 0.0356 e. The van der Waals surface area contributed by atoms with Gasteiger partial charge < -0.3 is 10.2 Å². The molecule has 1 unspecified atom stereocenters. The van der Waals surface area contributed by atoms with E-state index < -0.39 is 0 Å². The van der Waals surface area contributed by atoms with Gasteiger partial charge in [-0.1, -0.05) is 26.7 Å². The zero-order chi connectivity index (χ0) is 13.2. The minimum atomic E-state index is 0.422. The average molecular weight is 252 g/mol. The maximum atomic E-state index is 3.82. The van der Waals surface area contributed by atoms with Crippen LogP contribution in [0.4, 0.5) is 0 Å². The van der Waals surface area contributed by atoms with E-state index in [9.17, 15) is 0 Å². The summed E-state index contributed by atoms with van der Waals surface area (Å²) in [5.74, 6) is 1.95. The van der Waals surface area contributed by atoms with E-state index in [0.29, 0.717) is 11.6 Å². The number of rotatable bonds is 6. The van der Waals surface area contributed by atoms with Gasteiger partial charge in [-0.15, -0.1) is 0 Å². The standard InChI is InChI=1S/C16H32N2/c1-5-17-15(12-14-6-7-14)16(18(3)4)10-8-13(2)9-11-16/h13-15,17H,5-12H2,1-4H3. The molecule has 2 nitrogen and oxygen atoms in total. The van der Waals surface area contributed by atoms with Crippen molar-refractivity contribution >= 4 is 0 Å². The van der Waals surface area contributed by atoms with Gasteiger partial charge in [0.25, 0.3) is 0 Å². The number of hydrogen-bond acceptors (Lipinski definition) is 2. The van der Waals surface area contributed by atoms with Crippen LogP contribution >= 0.6 is 0 Å². The van der Waals surface area contributed by atoms with Crippen molar-refractivity contribution in [2.45, 2.75) is 70.4 Å². The molecule has 2 fully saturated rings. The normalized spacial score (nSPS) is 34.8. The van der Waals surface area contributed by atoms with Crippen molar-refractivity contribution in [2.24, 2.45) is 11.8 Å². The van der Waals surface area contributed by atoms with Gasteiger partial charge in [-0.2, -0.15) is 0 Å². The number of likely N-dealkylation sites (N-methyl/N-ethyl adjacent to an activating group) is 2. The first-order chi connectivity index (χ1) is 8.58. The van der Waals surface area contributed by atoms with Crippen LogP contribution in [0.5, 0.6) is 0 Å². The van der Waals surface area contributed by atoms with Gasteiger partial charge in [0.05, 0.1) is 0 Å². The zero-order valence-corrected chi connectivity index (χ0v) is 12.8. The van der Waals surface area contributed by atoms with Gasteiger partial charge in [-0.05, 0) is 64.6 Å². The second-order valence-electron chi connectivity index (χ2n) is 6.97. The summed E-state index contributed by atoms with van der Waals surface area (Å²) in [6.45, 7) is 5.79. The first-order valence-corrected chi connectivity index (χ1v) is 7.99. The third-order valence-electron chi connectivity index (χ3n) is 5.40. The average Bonchev–Trinajstić information content (AvgIpc) is 3.13. The molecule has 2 aliphatic carbocycles. The lowest BCUT2D eigenvalue weighted by Gasteiger charge is -2.50. The van der Waals surface area contributed by atoms with Gasteiger partial charge in [0.2, 0.25) is 0 Å². The Balaban J connectivity index is 2.08. The third-order valence-corrected chi connectivity index (χ3v) is 5.40. The zero-order valence-electron chi connectivity index (χ0n) is 12.8. The molecule has 0 aromatic carbocycles. The van der Waals surface area contributed by atoms with Crippen molar-refractivity contribution in [2.75, 3.05) is 20.6 Å². The first-order valence-electron chi connectivity index (χ1n) is 7.99. The minimum absolute atomic E-state index is 0.422. The lowest BCUT2D eigenvalue weighted by Crippen LogP contribution is -2.60. The summed E-state index contributed by atoms with van der Waals surface area (Å²) in [5.41, 5.74) is 0.422. The van der Waals surface area contributed by atoms with Gasteiger partial charge >= 0.3 is 0 Å². The van der Waals surface area contributed by atoms with E-state index in [2.05, 4.69) is 38.2 Å². The molecule has 0 radical (unpaired) electrons. The van der Waals surface area contributed by atoms with Crippen LogP contribution in [0.3, 0.4) is 0 Å². The van der Waals surface area contributed by atoms with E-state index in [1.165, 1.54) is 44.9 Å². The van der Waals surface area contributed by atoms with Gasteiger partial charge in [-0.3, -0.25) is 0 Å². The summed E-state index contributed by atoms with van der Waals surface area (Å²) >= 11 is 0. The third kappa shape index (κ3) is 3.08. The molecule has 1 N–H and O–H groups in total. The summed E-state index contributed by atoms with van der Waals surface area (Å²) in [5, 5.41) is 3.82. The molecule has 0 spiro atoms. The highest BCUT2D eigenvalue weighted by Gasteiger charge is 2.44. The second kappa shape index (κ2) is 5.92. The van der Waals surface area contributed by atoms with Crippen molar-refractivity contribution in [3.63, 3.8) is 0 Å². The summed E-state index contributed by atoms with van der Waals surface area (Å²) in [7, 11) is 4.60. The Morgan fingerprint density at radius 3 is 2.22 bits per heavy atom. The summed E-state index contributed by atoms with van der Waals surface area (Å²) < 4.78 is 0. The van der Waals surface area contributed by atoms with Crippen LogP contribution in [0.1, 0.15) is 58.8 Å². The van der Waals surface area contributed by atoms with E-state index in [-0.39, 0.29) is 0 Å². The molecule has 2 saturated carbocycles. The lowest BCUT2D eigenvalue weighted by atomic mass is 9.70. The maximum absolute atomic E-state index is 3.82. The van der Waals surface area contributed by atoms with E-state index in [1.807, 2.05) is 0 Å². The number of nitrogens with one attached hydrogen (secondary N) is 1. The fourth-order valence-electron chi connectivity index (χ4n) is 3.80. The summed E-state index contributed by atoms with van der Waals surface area (Å²) in [4.78, 5) is 2.54. The van der Waals surface area contributed by atoms with Gasteiger partial charge in [-0.25, -0.2) is 0 Å². The molecule has 0 aromatic rings. The summed E-state index contributed by atoms with van der Waals surface area (Å²) in [6, 6.07) is 0.706. The van der Waals surface area contributed by atoms with Crippen LogP contribution in [0.25, 0.3) is 0 Å². The van der Waals surface area contributed by atoms with Crippen molar-refractivity contribution in [1.29, 1.82) is 0 Å². The molecule has 0 aliphatic heterocycles. The lowest BCUT2D eigenvalue weighted by molar-refractivity contribution is 0.0389. The predicted octanol–water partition coefficient (Wildman–Crippen LogP) is 3.28. The Hall–Kier alpha value is -0.0800. The highest BCUT2D eigenvalue weighted by atomic mass is 15.2. The molecule has 2 rings (SSSR count). The van der Waals surface area contributed by atoms with Crippen LogP contribution in [0, 0.1) is 11.8 Å². The molecule has 2 heteroatoms.